The van der Waals surface area contributed by atoms with E-state index in [1.807, 2.05) is 66.3 Å². The number of ether oxygens (including phenoxy) is 2. The Morgan fingerprint density at radius 2 is 1.84 bits per heavy atom. The van der Waals surface area contributed by atoms with Crippen LogP contribution < -0.4 is 20.1 Å². The zero-order chi connectivity index (χ0) is 26.2. The Kier molecular flexibility index (Phi) is 7.81. The summed E-state index contributed by atoms with van der Waals surface area (Å²) in [5.41, 5.74) is 7.60. The topological polar surface area (TPSA) is 113 Å². The van der Waals surface area contributed by atoms with Gasteiger partial charge >= 0.3 is 0 Å². The summed E-state index contributed by atoms with van der Waals surface area (Å²) in [5.74, 6) is 7.49. The van der Waals surface area contributed by atoms with Gasteiger partial charge in [0.25, 0.3) is 5.91 Å². The fourth-order valence-corrected chi connectivity index (χ4v) is 3.38. The number of nitrogens with two attached hydrogens (primary N) is 1. The summed E-state index contributed by atoms with van der Waals surface area (Å²) in [6.07, 6.45) is 5.44. The highest BCUT2D eigenvalue weighted by Gasteiger charge is 2.19. The van der Waals surface area contributed by atoms with Gasteiger partial charge in [0, 0.05) is 38.1 Å². The highest BCUT2D eigenvalue weighted by atomic mass is 16.5. The third kappa shape index (κ3) is 6.74. The van der Waals surface area contributed by atoms with Gasteiger partial charge in [-0.25, -0.2) is 4.98 Å². The molecule has 1 aliphatic rings. The van der Waals surface area contributed by atoms with E-state index in [0.717, 1.165) is 11.3 Å². The molecule has 9 heteroatoms. The van der Waals surface area contributed by atoms with Crippen LogP contribution in [-0.2, 0) is 11.8 Å². The SMILES string of the molecule is CN1C(=O)CCOc2ccc(C#Cc3cn(C)cn3)cc21.NC(=O)c1cc(Oc2ccccc2)ccn1. The van der Waals surface area contributed by atoms with E-state index >= 15 is 0 Å². The van der Waals surface area contributed by atoms with E-state index in [9.17, 15) is 9.59 Å². The molecule has 0 bridgehead atoms. The molecule has 0 aliphatic carbocycles. The average molecular weight is 496 g/mol. The summed E-state index contributed by atoms with van der Waals surface area (Å²) in [7, 11) is 3.66. The first-order valence-electron chi connectivity index (χ1n) is 11.4. The number of hydrogen-bond donors (Lipinski definition) is 1. The van der Waals surface area contributed by atoms with Crippen molar-refractivity contribution < 1.29 is 19.1 Å². The second-order valence-corrected chi connectivity index (χ2v) is 8.06. The molecule has 0 saturated carbocycles. The summed E-state index contributed by atoms with van der Waals surface area (Å²) in [4.78, 5) is 32.4. The fourth-order valence-electron chi connectivity index (χ4n) is 3.38. The van der Waals surface area contributed by atoms with Crippen LogP contribution in [0.3, 0.4) is 0 Å². The van der Waals surface area contributed by atoms with Gasteiger partial charge in [-0.2, -0.15) is 0 Å². The van der Waals surface area contributed by atoms with Crippen LogP contribution in [0.1, 0.15) is 28.2 Å². The number of primary amides is 1. The Morgan fingerprint density at radius 1 is 1.03 bits per heavy atom. The number of benzene rings is 2. The fraction of sp³-hybridized carbons (Fsp3) is 0.143. The number of aryl methyl sites for hydroxylation is 1. The van der Waals surface area contributed by atoms with Crippen LogP contribution in [0.15, 0.2) is 79.4 Å². The molecule has 4 aromatic rings. The van der Waals surface area contributed by atoms with Crippen LogP contribution in [0.25, 0.3) is 0 Å². The Labute approximate surface area is 214 Å². The number of nitrogens with zero attached hydrogens (tertiary/aromatic N) is 4. The largest absolute Gasteiger partial charge is 0.491 e. The van der Waals surface area contributed by atoms with E-state index in [4.69, 9.17) is 15.2 Å². The number of carbonyl (C=O) groups excluding carboxylic acids is 2. The molecule has 2 aromatic carbocycles. The average Bonchev–Trinajstić information content (AvgIpc) is 3.27. The molecule has 0 unspecified atom stereocenters. The summed E-state index contributed by atoms with van der Waals surface area (Å²) in [5, 5.41) is 0. The Hall–Kier alpha value is -5.10. The lowest BCUT2D eigenvalue weighted by atomic mass is 10.1. The smallest absolute Gasteiger partial charge is 0.267 e. The van der Waals surface area contributed by atoms with Gasteiger partial charge in [0.15, 0.2) is 0 Å². The molecule has 186 valence electrons. The van der Waals surface area contributed by atoms with Gasteiger partial charge in [-0.15, -0.1) is 0 Å². The molecular formula is C28H25N5O4. The predicted molar refractivity (Wildman–Crippen MR) is 138 cm³/mol. The van der Waals surface area contributed by atoms with Crippen LogP contribution in [-0.4, -0.2) is 40.0 Å². The second-order valence-electron chi connectivity index (χ2n) is 8.06. The number of hydrogen-bond acceptors (Lipinski definition) is 6. The minimum absolute atomic E-state index is 0.0450. The molecule has 9 nitrogen and oxygen atoms in total. The minimum Gasteiger partial charge on any atom is -0.491 e. The summed E-state index contributed by atoms with van der Waals surface area (Å²) in [6, 6.07) is 18.1. The number of anilines is 1. The number of rotatable bonds is 3. The lowest BCUT2D eigenvalue weighted by Gasteiger charge is -2.16. The van der Waals surface area contributed by atoms with Crippen molar-refractivity contribution >= 4 is 17.5 Å². The number of carbonyl (C=O) groups is 2. The number of aromatic nitrogens is 3. The maximum absolute atomic E-state index is 11.9. The second kappa shape index (κ2) is 11.6. The van der Waals surface area contributed by atoms with E-state index in [0.29, 0.717) is 36.0 Å². The van der Waals surface area contributed by atoms with E-state index < -0.39 is 5.91 Å². The summed E-state index contributed by atoms with van der Waals surface area (Å²) >= 11 is 0. The van der Waals surface area contributed by atoms with Crippen LogP contribution in [0.5, 0.6) is 17.2 Å². The van der Waals surface area contributed by atoms with Crippen molar-refractivity contribution in [1.29, 1.82) is 0 Å². The molecule has 2 aromatic heterocycles. The maximum atomic E-state index is 11.9. The molecule has 0 atom stereocenters. The molecule has 1 aliphatic heterocycles. The molecule has 37 heavy (non-hydrogen) atoms. The van der Waals surface area contributed by atoms with Crippen molar-refractivity contribution in [3.05, 3.63) is 96.3 Å². The zero-order valence-electron chi connectivity index (χ0n) is 20.4. The first-order chi connectivity index (χ1) is 17.9. The van der Waals surface area contributed by atoms with E-state index in [2.05, 4.69) is 21.8 Å². The Morgan fingerprint density at radius 3 is 2.57 bits per heavy atom. The first kappa shape index (κ1) is 25.0. The van der Waals surface area contributed by atoms with Gasteiger partial charge in [-0.05, 0) is 42.3 Å². The lowest BCUT2D eigenvalue weighted by Crippen LogP contribution is -2.25. The van der Waals surface area contributed by atoms with Crippen molar-refractivity contribution in [3.63, 3.8) is 0 Å². The van der Waals surface area contributed by atoms with Gasteiger partial charge in [0.2, 0.25) is 5.91 Å². The van der Waals surface area contributed by atoms with Gasteiger partial charge < -0.3 is 24.7 Å². The van der Waals surface area contributed by atoms with E-state index in [1.165, 1.54) is 12.3 Å². The van der Waals surface area contributed by atoms with Gasteiger partial charge in [0.1, 0.15) is 28.6 Å². The molecule has 5 rings (SSSR count). The molecule has 0 saturated heterocycles. The van der Waals surface area contributed by atoms with Crippen LogP contribution >= 0.6 is 0 Å². The molecule has 3 heterocycles. The van der Waals surface area contributed by atoms with E-state index in [1.54, 1.807) is 24.3 Å². The first-order valence-corrected chi connectivity index (χ1v) is 11.4. The number of imidazole rings is 1. The summed E-state index contributed by atoms with van der Waals surface area (Å²) in [6.45, 7) is 0.412. The third-order valence-electron chi connectivity index (χ3n) is 5.27. The Bertz CT molecular complexity index is 1470. The number of fused-ring (bicyclic) bond motifs is 1. The van der Waals surface area contributed by atoms with Crippen LogP contribution in [0.2, 0.25) is 0 Å². The molecule has 0 fully saturated rings. The minimum atomic E-state index is -0.571. The van der Waals surface area contributed by atoms with Gasteiger partial charge in [0.05, 0.1) is 25.0 Å². The quantitative estimate of drug-likeness (QED) is 0.435. The predicted octanol–water partition coefficient (Wildman–Crippen LogP) is 3.54. The molecule has 2 amide bonds. The normalized spacial score (nSPS) is 12.1. The monoisotopic (exact) mass is 495 g/mol. The van der Waals surface area contributed by atoms with E-state index in [-0.39, 0.29) is 11.6 Å². The zero-order valence-corrected chi connectivity index (χ0v) is 20.4. The van der Waals surface area contributed by atoms with Crippen molar-refractivity contribution in [1.82, 2.24) is 14.5 Å². The van der Waals surface area contributed by atoms with Crippen LogP contribution in [0.4, 0.5) is 5.69 Å². The highest BCUT2D eigenvalue weighted by molar-refractivity contribution is 5.95. The number of pyridine rings is 1. The maximum Gasteiger partial charge on any atom is 0.267 e. The molecule has 0 spiro atoms. The summed E-state index contributed by atoms with van der Waals surface area (Å²) < 4.78 is 13.0. The van der Waals surface area contributed by atoms with Gasteiger partial charge in [-0.1, -0.05) is 24.1 Å². The third-order valence-corrected chi connectivity index (χ3v) is 5.27. The Balaban J connectivity index is 0.000000180. The van der Waals surface area contributed by atoms with Crippen molar-refractivity contribution in [2.45, 2.75) is 6.42 Å². The number of para-hydroxylation sites is 1. The van der Waals surface area contributed by atoms with Crippen LogP contribution in [0, 0.1) is 11.8 Å². The van der Waals surface area contributed by atoms with Crippen molar-refractivity contribution in [2.75, 3.05) is 18.6 Å². The lowest BCUT2D eigenvalue weighted by molar-refractivity contribution is -0.118. The number of amides is 2. The van der Waals surface area contributed by atoms with Crippen molar-refractivity contribution in [2.24, 2.45) is 12.8 Å². The molecule has 0 radical (unpaired) electrons. The van der Waals surface area contributed by atoms with Gasteiger partial charge in [-0.3, -0.25) is 14.6 Å². The van der Waals surface area contributed by atoms with Crippen molar-refractivity contribution in [3.8, 4) is 29.1 Å². The highest BCUT2D eigenvalue weighted by Crippen LogP contribution is 2.31. The standard InChI is InChI=1S/C16H15N3O2.C12H10N2O2/c1-18-10-13(17-11-18)5-3-12-4-6-15-14(9-12)19(2)16(20)7-8-21-15;13-12(15)11-8-10(6-7-14-11)16-9-4-2-1-3-5-9/h4,6,9-11H,7-8H2,1-2H3;1-8H,(H2,13,15). The molecular weight excluding hydrogens is 470 g/mol. The molecule has 2 N–H and O–H groups in total.